The Balaban J connectivity index is 1.33. The van der Waals surface area contributed by atoms with Gasteiger partial charge < -0.3 is 10.1 Å². The molecule has 0 aliphatic heterocycles. The van der Waals surface area contributed by atoms with Gasteiger partial charge in [-0.25, -0.2) is 0 Å². The number of amides is 1. The van der Waals surface area contributed by atoms with Gasteiger partial charge in [0.2, 0.25) is 0 Å². The number of carbonyl (C=O) groups is 1. The SMILES string of the molecule is Cc1ccc(OCC(=O)NC2C3CC4CC(C3)CC2C4)c(C)c1. The lowest BCUT2D eigenvalue weighted by molar-refractivity contribution is -0.127. The highest BCUT2D eigenvalue weighted by Crippen LogP contribution is 2.53. The summed E-state index contributed by atoms with van der Waals surface area (Å²) in [6, 6.07) is 6.47. The maximum atomic E-state index is 12.4. The Morgan fingerprint density at radius 2 is 1.74 bits per heavy atom. The van der Waals surface area contributed by atoms with Crippen LogP contribution in [0.25, 0.3) is 0 Å². The van der Waals surface area contributed by atoms with Crippen molar-refractivity contribution in [3.8, 4) is 5.75 Å². The molecule has 0 saturated heterocycles. The van der Waals surface area contributed by atoms with Gasteiger partial charge in [-0.1, -0.05) is 17.7 Å². The molecule has 124 valence electrons. The number of hydrogen-bond donors (Lipinski definition) is 1. The average Bonchev–Trinajstić information content (AvgIpc) is 2.49. The number of ether oxygens (including phenoxy) is 1. The quantitative estimate of drug-likeness (QED) is 0.922. The van der Waals surface area contributed by atoms with E-state index in [2.05, 4.69) is 18.3 Å². The summed E-state index contributed by atoms with van der Waals surface area (Å²) in [4.78, 5) is 12.4. The van der Waals surface area contributed by atoms with E-state index >= 15 is 0 Å². The Hall–Kier alpha value is -1.51. The monoisotopic (exact) mass is 313 g/mol. The first-order valence-corrected chi connectivity index (χ1v) is 9.08. The van der Waals surface area contributed by atoms with Crippen LogP contribution >= 0.6 is 0 Å². The summed E-state index contributed by atoms with van der Waals surface area (Å²) in [5, 5.41) is 3.30. The molecule has 3 nitrogen and oxygen atoms in total. The zero-order valence-electron chi connectivity index (χ0n) is 14.2. The van der Waals surface area contributed by atoms with E-state index in [4.69, 9.17) is 4.74 Å². The summed E-state index contributed by atoms with van der Waals surface area (Å²) < 4.78 is 5.74. The summed E-state index contributed by atoms with van der Waals surface area (Å²) in [6.45, 7) is 4.22. The molecule has 1 amide bonds. The van der Waals surface area contributed by atoms with E-state index < -0.39 is 0 Å². The minimum absolute atomic E-state index is 0.0439. The molecule has 0 spiro atoms. The molecular weight excluding hydrogens is 286 g/mol. The zero-order valence-corrected chi connectivity index (χ0v) is 14.2. The molecule has 5 rings (SSSR count). The summed E-state index contributed by atoms with van der Waals surface area (Å²) in [6.07, 6.45) is 6.76. The Bertz CT molecular complexity index is 582. The van der Waals surface area contributed by atoms with Crippen LogP contribution < -0.4 is 10.1 Å². The van der Waals surface area contributed by atoms with Gasteiger partial charge in [0.15, 0.2) is 6.61 Å². The molecule has 0 unspecified atom stereocenters. The molecule has 0 atom stereocenters. The van der Waals surface area contributed by atoms with Crippen molar-refractivity contribution in [1.29, 1.82) is 0 Å². The number of aryl methyl sites for hydroxylation is 2. The fourth-order valence-electron chi connectivity index (χ4n) is 5.49. The number of benzene rings is 1. The van der Waals surface area contributed by atoms with Crippen molar-refractivity contribution < 1.29 is 9.53 Å². The van der Waals surface area contributed by atoms with E-state index in [0.29, 0.717) is 6.04 Å². The minimum atomic E-state index is 0.0439. The highest BCUT2D eigenvalue weighted by Gasteiger charge is 2.48. The predicted octanol–water partition coefficient (Wildman–Crippen LogP) is 3.62. The highest BCUT2D eigenvalue weighted by atomic mass is 16.5. The third-order valence-electron chi connectivity index (χ3n) is 6.24. The predicted molar refractivity (Wildman–Crippen MR) is 90.4 cm³/mol. The lowest BCUT2D eigenvalue weighted by Crippen LogP contribution is -2.56. The lowest BCUT2D eigenvalue weighted by atomic mass is 9.54. The van der Waals surface area contributed by atoms with E-state index in [1.54, 1.807) is 0 Å². The van der Waals surface area contributed by atoms with Gasteiger partial charge in [-0.05, 0) is 81.3 Å². The molecular formula is C20H27NO2. The second kappa shape index (κ2) is 5.85. The van der Waals surface area contributed by atoms with Crippen molar-refractivity contribution >= 4 is 5.91 Å². The molecule has 1 N–H and O–H groups in total. The van der Waals surface area contributed by atoms with Crippen LogP contribution in [0.15, 0.2) is 18.2 Å². The van der Waals surface area contributed by atoms with Crippen molar-refractivity contribution in [3.05, 3.63) is 29.3 Å². The Morgan fingerprint density at radius 1 is 1.09 bits per heavy atom. The first kappa shape index (κ1) is 15.0. The minimum Gasteiger partial charge on any atom is -0.484 e. The molecule has 1 aromatic carbocycles. The van der Waals surface area contributed by atoms with E-state index in [9.17, 15) is 4.79 Å². The van der Waals surface area contributed by atoms with Gasteiger partial charge in [0.1, 0.15) is 5.75 Å². The second-order valence-corrected chi connectivity index (χ2v) is 8.08. The maximum absolute atomic E-state index is 12.4. The molecule has 4 aliphatic rings. The molecule has 0 aromatic heterocycles. The Labute approximate surface area is 138 Å². The first-order valence-electron chi connectivity index (χ1n) is 9.08. The molecule has 0 radical (unpaired) electrons. The van der Waals surface area contributed by atoms with Crippen LogP contribution in [0.2, 0.25) is 0 Å². The molecule has 4 bridgehead atoms. The molecule has 4 aliphatic carbocycles. The molecule has 4 fully saturated rings. The molecule has 1 aromatic rings. The molecule has 4 saturated carbocycles. The third-order valence-corrected chi connectivity index (χ3v) is 6.24. The number of carbonyl (C=O) groups excluding carboxylic acids is 1. The van der Waals surface area contributed by atoms with E-state index in [1.165, 1.54) is 37.7 Å². The van der Waals surface area contributed by atoms with Crippen LogP contribution in [0.1, 0.15) is 43.2 Å². The van der Waals surface area contributed by atoms with Crippen molar-refractivity contribution in [3.63, 3.8) is 0 Å². The van der Waals surface area contributed by atoms with Gasteiger partial charge in [-0.2, -0.15) is 0 Å². The fraction of sp³-hybridized carbons (Fsp3) is 0.650. The van der Waals surface area contributed by atoms with Crippen LogP contribution in [0.4, 0.5) is 0 Å². The van der Waals surface area contributed by atoms with Crippen LogP contribution in [0.5, 0.6) is 5.75 Å². The van der Waals surface area contributed by atoms with Crippen LogP contribution in [0.3, 0.4) is 0 Å². The summed E-state index contributed by atoms with van der Waals surface area (Å²) in [5.41, 5.74) is 2.31. The molecule has 0 heterocycles. The van der Waals surface area contributed by atoms with Crippen LogP contribution in [-0.2, 0) is 4.79 Å². The van der Waals surface area contributed by atoms with Crippen molar-refractivity contribution in [2.24, 2.45) is 23.7 Å². The van der Waals surface area contributed by atoms with E-state index in [1.807, 2.05) is 19.1 Å². The van der Waals surface area contributed by atoms with Crippen molar-refractivity contribution in [2.45, 2.75) is 52.0 Å². The fourth-order valence-corrected chi connectivity index (χ4v) is 5.49. The summed E-state index contributed by atoms with van der Waals surface area (Å²) in [5.74, 6) is 4.18. The maximum Gasteiger partial charge on any atom is 0.258 e. The summed E-state index contributed by atoms with van der Waals surface area (Å²) >= 11 is 0. The second-order valence-electron chi connectivity index (χ2n) is 8.08. The normalized spacial score (nSPS) is 34.4. The summed E-state index contributed by atoms with van der Waals surface area (Å²) in [7, 11) is 0. The van der Waals surface area contributed by atoms with Crippen LogP contribution in [-0.4, -0.2) is 18.6 Å². The Morgan fingerprint density at radius 3 is 2.35 bits per heavy atom. The lowest BCUT2D eigenvalue weighted by Gasteiger charge is -2.54. The first-order chi connectivity index (χ1) is 11.1. The van der Waals surface area contributed by atoms with E-state index in [-0.39, 0.29) is 12.5 Å². The average molecular weight is 313 g/mol. The topological polar surface area (TPSA) is 38.3 Å². The van der Waals surface area contributed by atoms with Gasteiger partial charge in [0.05, 0.1) is 0 Å². The number of nitrogens with one attached hydrogen (secondary N) is 1. The smallest absolute Gasteiger partial charge is 0.258 e. The molecule has 23 heavy (non-hydrogen) atoms. The Kier molecular flexibility index (Phi) is 3.82. The van der Waals surface area contributed by atoms with Gasteiger partial charge in [-0.3, -0.25) is 4.79 Å². The van der Waals surface area contributed by atoms with Gasteiger partial charge in [-0.15, -0.1) is 0 Å². The third kappa shape index (κ3) is 2.98. The van der Waals surface area contributed by atoms with E-state index in [0.717, 1.165) is 35.0 Å². The molecule has 3 heteroatoms. The number of rotatable bonds is 4. The van der Waals surface area contributed by atoms with Gasteiger partial charge in [0, 0.05) is 6.04 Å². The highest BCUT2D eigenvalue weighted by molar-refractivity contribution is 5.78. The van der Waals surface area contributed by atoms with Gasteiger partial charge >= 0.3 is 0 Å². The number of hydrogen-bond acceptors (Lipinski definition) is 2. The largest absolute Gasteiger partial charge is 0.484 e. The van der Waals surface area contributed by atoms with Crippen molar-refractivity contribution in [2.75, 3.05) is 6.61 Å². The van der Waals surface area contributed by atoms with Gasteiger partial charge in [0.25, 0.3) is 5.91 Å². The standard InChI is InChI=1S/C20H27NO2/c1-12-3-4-18(13(2)5-12)23-11-19(22)21-20-16-7-14-6-15(9-16)10-17(20)8-14/h3-5,14-17,20H,6-11H2,1-2H3,(H,21,22). The van der Waals surface area contributed by atoms with Crippen LogP contribution in [0, 0.1) is 37.5 Å². The van der Waals surface area contributed by atoms with Crippen molar-refractivity contribution in [1.82, 2.24) is 5.32 Å². The zero-order chi connectivity index (χ0) is 16.0.